The lowest BCUT2D eigenvalue weighted by Crippen LogP contribution is -2.39. The highest BCUT2D eigenvalue weighted by Gasteiger charge is 2.27. The van der Waals surface area contributed by atoms with Crippen LogP contribution in [0, 0.1) is 20.8 Å². The quantitative estimate of drug-likeness (QED) is 0.454. The molecule has 0 aliphatic carbocycles. The Kier molecular flexibility index (Phi) is 6.81. The summed E-state index contributed by atoms with van der Waals surface area (Å²) in [6, 6.07) is 17.3. The number of anilines is 1. The maximum atomic E-state index is 13.4. The molecule has 160 valence electrons. The molecule has 0 radical (unpaired) electrons. The Morgan fingerprint density at radius 1 is 1.00 bits per heavy atom. The van der Waals surface area contributed by atoms with E-state index in [1.807, 2.05) is 26.8 Å². The predicted molar refractivity (Wildman–Crippen MR) is 122 cm³/mol. The van der Waals surface area contributed by atoms with Gasteiger partial charge in [0.1, 0.15) is 6.54 Å². The Bertz CT molecular complexity index is 1170. The monoisotopic (exact) mass is 436 g/mol. The van der Waals surface area contributed by atoms with Crippen LogP contribution in [-0.4, -0.2) is 32.1 Å². The number of nitrogens with zero attached hydrogens (tertiary/aromatic N) is 3. The smallest absolute Gasteiger partial charge is 0.264 e. The number of carbonyl (C=O) groups is 1. The number of hydrogen-bond acceptors (Lipinski definition) is 5. The van der Waals surface area contributed by atoms with Gasteiger partial charge in [0, 0.05) is 6.20 Å². The van der Waals surface area contributed by atoms with Crippen molar-refractivity contribution in [3.8, 4) is 0 Å². The number of rotatable bonds is 7. The Labute approximate surface area is 182 Å². The number of hydrazone groups is 1. The van der Waals surface area contributed by atoms with Gasteiger partial charge in [-0.2, -0.15) is 5.10 Å². The molecule has 0 saturated heterocycles. The first kappa shape index (κ1) is 22.2. The largest absolute Gasteiger partial charge is 0.271 e. The van der Waals surface area contributed by atoms with Gasteiger partial charge in [-0.1, -0.05) is 29.8 Å². The van der Waals surface area contributed by atoms with Crippen LogP contribution >= 0.6 is 0 Å². The molecule has 2 aromatic carbocycles. The van der Waals surface area contributed by atoms with Crippen molar-refractivity contribution < 1.29 is 13.2 Å². The maximum absolute atomic E-state index is 13.4. The summed E-state index contributed by atoms with van der Waals surface area (Å²) in [5, 5.41) is 3.88. The molecule has 0 fully saturated rings. The van der Waals surface area contributed by atoms with Gasteiger partial charge in [-0.15, -0.1) is 0 Å². The van der Waals surface area contributed by atoms with Crippen LogP contribution in [0.5, 0.6) is 0 Å². The SMILES string of the molecule is Cc1ccc(S(=O)(=O)N(CC(=O)N/N=C\c2ccccn2)c2cc(C)cc(C)c2)cc1. The average molecular weight is 437 g/mol. The minimum atomic E-state index is -3.97. The molecule has 1 N–H and O–H groups in total. The van der Waals surface area contributed by atoms with Crippen molar-refractivity contribution in [1.29, 1.82) is 0 Å². The van der Waals surface area contributed by atoms with Gasteiger partial charge in [0.15, 0.2) is 0 Å². The van der Waals surface area contributed by atoms with Gasteiger partial charge in [0.25, 0.3) is 15.9 Å². The number of aryl methyl sites for hydroxylation is 3. The number of amides is 1. The van der Waals surface area contributed by atoms with E-state index in [2.05, 4.69) is 15.5 Å². The van der Waals surface area contributed by atoms with Crippen molar-refractivity contribution in [2.45, 2.75) is 25.7 Å². The molecule has 7 nitrogen and oxygen atoms in total. The number of hydrogen-bond donors (Lipinski definition) is 1. The van der Waals surface area contributed by atoms with Crippen molar-refractivity contribution in [2.24, 2.45) is 5.10 Å². The molecule has 3 aromatic rings. The van der Waals surface area contributed by atoms with E-state index in [-0.39, 0.29) is 4.90 Å². The van der Waals surface area contributed by atoms with Crippen LogP contribution in [0.2, 0.25) is 0 Å². The molecule has 0 bridgehead atoms. The van der Waals surface area contributed by atoms with Crippen LogP contribution in [-0.2, 0) is 14.8 Å². The lowest BCUT2D eigenvalue weighted by Gasteiger charge is -2.24. The van der Waals surface area contributed by atoms with Crippen LogP contribution in [0.3, 0.4) is 0 Å². The number of nitrogens with one attached hydrogen (secondary N) is 1. The fourth-order valence-electron chi connectivity index (χ4n) is 3.04. The van der Waals surface area contributed by atoms with E-state index in [1.165, 1.54) is 18.3 Å². The van der Waals surface area contributed by atoms with Crippen molar-refractivity contribution in [1.82, 2.24) is 10.4 Å². The van der Waals surface area contributed by atoms with Crippen LogP contribution in [0.4, 0.5) is 5.69 Å². The second-order valence-electron chi connectivity index (χ2n) is 7.22. The van der Waals surface area contributed by atoms with Crippen molar-refractivity contribution in [3.05, 3.63) is 89.2 Å². The summed E-state index contributed by atoms with van der Waals surface area (Å²) in [6.45, 7) is 5.22. The highest BCUT2D eigenvalue weighted by atomic mass is 32.2. The summed E-state index contributed by atoms with van der Waals surface area (Å²) in [5.41, 5.74) is 6.10. The molecule has 0 spiro atoms. The molecule has 0 aliphatic heterocycles. The molecule has 3 rings (SSSR count). The van der Waals surface area contributed by atoms with E-state index in [4.69, 9.17) is 0 Å². The molecule has 1 heterocycles. The molecule has 31 heavy (non-hydrogen) atoms. The van der Waals surface area contributed by atoms with Gasteiger partial charge < -0.3 is 0 Å². The van der Waals surface area contributed by atoms with Gasteiger partial charge in [0.05, 0.1) is 22.5 Å². The van der Waals surface area contributed by atoms with Crippen LogP contribution in [0.1, 0.15) is 22.4 Å². The fourth-order valence-corrected chi connectivity index (χ4v) is 4.44. The highest BCUT2D eigenvalue weighted by Crippen LogP contribution is 2.26. The highest BCUT2D eigenvalue weighted by molar-refractivity contribution is 7.92. The average Bonchev–Trinajstić information content (AvgIpc) is 2.72. The van der Waals surface area contributed by atoms with E-state index in [0.717, 1.165) is 21.0 Å². The lowest BCUT2D eigenvalue weighted by atomic mass is 10.1. The minimum absolute atomic E-state index is 0.113. The van der Waals surface area contributed by atoms with Crippen LogP contribution in [0.15, 0.2) is 76.9 Å². The van der Waals surface area contributed by atoms with Crippen LogP contribution in [0.25, 0.3) is 0 Å². The second kappa shape index (κ2) is 9.53. The third kappa shape index (κ3) is 5.76. The third-order valence-corrected chi connectivity index (χ3v) is 6.25. The Hall–Kier alpha value is -3.52. The first-order chi connectivity index (χ1) is 14.8. The maximum Gasteiger partial charge on any atom is 0.264 e. The number of pyridine rings is 1. The first-order valence-electron chi connectivity index (χ1n) is 9.66. The van der Waals surface area contributed by atoms with Crippen LogP contribution < -0.4 is 9.73 Å². The second-order valence-corrected chi connectivity index (χ2v) is 9.08. The molecule has 0 atom stereocenters. The topological polar surface area (TPSA) is 91.7 Å². The normalized spacial score (nSPS) is 11.5. The molecule has 1 amide bonds. The van der Waals surface area contributed by atoms with E-state index >= 15 is 0 Å². The molecule has 0 unspecified atom stereocenters. The summed E-state index contributed by atoms with van der Waals surface area (Å²) in [4.78, 5) is 16.8. The van der Waals surface area contributed by atoms with E-state index in [0.29, 0.717) is 11.4 Å². The Morgan fingerprint density at radius 3 is 2.29 bits per heavy atom. The molecule has 1 aromatic heterocycles. The zero-order valence-electron chi connectivity index (χ0n) is 17.6. The summed E-state index contributed by atoms with van der Waals surface area (Å²) in [5.74, 6) is -0.568. The zero-order chi connectivity index (χ0) is 22.4. The van der Waals surface area contributed by atoms with Gasteiger partial charge in [-0.3, -0.25) is 14.1 Å². The summed E-state index contributed by atoms with van der Waals surface area (Å²) >= 11 is 0. The molecular weight excluding hydrogens is 412 g/mol. The van der Waals surface area contributed by atoms with Gasteiger partial charge in [-0.25, -0.2) is 13.8 Å². The van der Waals surface area contributed by atoms with Gasteiger partial charge in [0.2, 0.25) is 0 Å². The van der Waals surface area contributed by atoms with E-state index in [1.54, 1.807) is 48.7 Å². The Morgan fingerprint density at radius 2 is 1.68 bits per heavy atom. The molecule has 0 aliphatic rings. The summed E-state index contributed by atoms with van der Waals surface area (Å²) in [6.07, 6.45) is 3.01. The third-order valence-electron chi connectivity index (χ3n) is 4.46. The minimum Gasteiger partial charge on any atom is -0.271 e. The number of benzene rings is 2. The summed E-state index contributed by atoms with van der Waals surface area (Å²) < 4.78 is 27.9. The molecule has 0 saturated carbocycles. The standard InChI is InChI=1S/C23H24N4O3S/c1-17-7-9-22(10-8-17)31(29,30)27(21-13-18(2)12-19(3)14-21)16-23(28)26-25-15-20-6-4-5-11-24-20/h4-15H,16H2,1-3H3,(H,26,28)/b25-15-. The molecule has 8 heteroatoms. The van der Waals surface area contributed by atoms with Crippen molar-refractivity contribution >= 4 is 27.8 Å². The van der Waals surface area contributed by atoms with Crippen molar-refractivity contribution in [2.75, 3.05) is 10.8 Å². The lowest BCUT2D eigenvalue weighted by molar-refractivity contribution is -0.119. The number of aromatic nitrogens is 1. The van der Waals surface area contributed by atoms with E-state index in [9.17, 15) is 13.2 Å². The molecular formula is C23H24N4O3S. The number of sulfonamides is 1. The number of carbonyl (C=O) groups excluding carboxylic acids is 1. The zero-order valence-corrected chi connectivity index (χ0v) is 18.4. The van der Waals surface area contributed by atoms with Crippen molar-refractivity contribution in [3.63, 3.8) is 0 Å². The Balaban J connectivity index is 1.89. The predicted octanol–water partition coefficient (Wildman–Crippen LogP) is 3.35. The van der Waals surface area contributed by atoms with Gasteiger partial charge in [-0.05, 0) is 68.3 Å². The fraction of sp³-hybridized carbons (Fsp3) is 0.174. The van der Waals surface area contributed by atoms with E-state index < -0.39 is 22.5 Å². The summed E-state index contributed by atoms with van der Waals surface area (Å²) in [7, 11) is -3.97. The van der Waals surface area contributed by atoms with Gasteiger partial charge >= 0.3 is 0 Å². The first-order valence-corrected chi connectivity index (χ1v) is 11.1.